The second kappa shape index (κ2) is 10.9. The van der Waals surface area contributed by atoms with Gasteiger partial charge in [-0.2, -0.15) is 0 Å². The van der Waals surface area contributed by atoms with E-state index in [1.54, 1.807) is 0 Å². The number of aryl methyl sites for hydroxylation is 1. The summed E-state index contributed by atoms with van der Waals surface area (Å²) in [7, 11) is 0. The third-order valence-electron chi connectivity index (χ3n) is 4.37. The van der Waals surface area contributed by atoms with Crippen molar-refractivity contribution in [2.45, 2.75) is 26.7 Å². The van der Waals surface area contributed by atoms with Gasteiger partial charge in [0.15, 0.2) is 11.5 Å². The summed E-state index contributed by atoms with van der Waals surface area (Å²) in [5.41, 5.74) is 1.77. The number of nitrogens with one attached hydrogen (secondary N) is 1. The van der Waals surface area contributed by atoms with Crippen LogP contribution in [0.5, 0.6) is 23.0 Å². The van der Waals surface area contributed by atoms with Gasteiger partial charge in [0.1, 0.15) is 11.5 Å². The number of hydrogen-bond donors (Lipinski definition) is 1. The molecule has 3 aromatic rings. The summed E-state index contributed by atoms with van der Waals surface area (Å²) < 4.78 is 17.0. The zero-order chi connectivity index (χ0) is 21.2. The molecule has 3 aromatic carbocycles. The zero-order valence-corrected chi connectivity index (χ0v) is 17.4. The molecule has 0 fully saturated rings. The minimum absolute atomic E-state index is 0.0430. The number of carbonyl (C=O) groups is 1. The average Bonchev–Trinajstić information content (AvgIpc) is 2.76. The fourth-order valence-corrected chi connectivity index (χ4v) is 2.96. The second-order valence-corrected chi connectivity index (χ2v) is 6.63. The molecule has 0 atom stereocenters. The van der Waals surface area contributed by atoms with Gasteiger partial charge in [-0.05, 0) is 74.4 Å². The normalized spacial score (nSPS) is 10.3. The number of rotatable bonds is 10. The molecule has 0 spiro atoms. The fourth-order valence-electron chi connectivity index (χ4n) is 2.96. The minimum Gasteiger partial charge on any atom is -0.490 e. The van der Waals surface area contributed by atoms with Crippen molar-refractivity contribution >= 4 is 11.6 Å². The molecule has 0 saturated carbocycles. The summed E-state index contributed by atoms with van der Waals surface area (Å²) in [4.78, 5) is 12.3. The molecule has 5 heteroatoms. The summed E-state index contributed by atoms with van der Waals surface area (Å²) in [5, 5.41) is 2.92. The van der Waals surface area contributed by atoms with Crippen LogP contribution in [0.1, 0.15) is 25.8 Å². The van der Waals surface area contributed by atoms with Gasteiger partial charge in [0, 0.05) is 12.1 Å². The number of anilines is 1. The molecule has 1 N–H and O–H groups in total. The van der Waals surface area contributed by atoms with Crippen molar-refractivity contribution in [1.29, 1.82) is 0 Å². The van der Waals surface area contributed by atoms with Crippen LogP contribution in [0.4, 0.5) is 5.69 Å². The standard InChI is InChI=1S/C25H27NO4/c1-3-28-23-16-10-19(18-24(23)29-4-2)11-17-25(27)26-20-12-14-22(15-13-20)30-21-8-6-5-7-9-21/h5-10,12-16,18H,3-4,11,17H2,1-2H3,(H,26,27). The Morgan fingerprint density at radius 3 is 2.17 bits per heavy atom. The molecule has 0 radical (unpaired) electrons. The zero-order valence-electron chi connectivity index (χ0n) is 17.4. The van der Waals surface area contributed by atoms with Gasteiger partial charge in [-0.15, -0.1) is 0 Å². The van der Waals surface area contributed by atoms with Gasteiger partial charge in [0.25, 0.3) is 0 Å². The highest BCUT2D eigenvalue weighted by Crippen LogP contribution is 2.29. The number of amides is 1. The molecule has 0 aliphatic carbocycles. The van der Waals surface area contributed by atoms with Gasteiger partial charge in [0.2, 0.25) is 5.91 Å². The van der Waals surface area contributed by atoms with E-state index in [-0.39, 0.29) is 5.91 Å². The first-order valence-corrected chi connectivity index (χ1v) is 10.2. The maximum Gasteiger partial charge on any atom is 0.224 e. The fraction of sp³-hybridized carbons (Fsp3) is 0.240. The monoisotopic (exact) mass is 405 g/mol. The van der Waals surface area contributed by atoms with Gasteiger partial charge in [-0.3, -0.25) is 4.79 Å². The van der Waals surface area contributed by atoms with E-state index in [1.165, 1.54) is 0 Å². The first-order valence-electron chi connectivity index (χ1n) is 10.2. The number of ether oxygens (including phenoxy) is 3. The Bertz CT molecular complexity index is 939. The topological polar surface area (TPSA) is 56.8 Å². The third kappa shape index (κ3) is 6.27. The Morgan fingerprint density at radius 1 is 0.800 bits per heavy atom. The summed E-state index contributed by atoms with van der Waals surface area (Å²) in [6, 6.07) is 22.7. The number of para-hydroxylation sites is 1. The first kappa shape index (κ1) is 21.2. The van der Waals surface area contributed by atoms with E-state index in [0.717, 1.165) is 28.5 Å². The lowest BCUT2D eigenvalue weighted by molar-refractivity contribution is -0.116. The van der Waals surface area contributed by atoms with Crippen LogP contribution in [-0.2, 0) is 11.2 Å². The Balaban J connectivity index is 1.52. The van der Waals surface area contributed by atoms with Crippen LogP contribution < -0.4 is 19.5 Å². The van der Waals surface area contributed by atoms with Crippen LogP contribution in [-0.4, -0.2) is 19.1 Å². The summed E-state index contributed by atoms with van der Waals surface area (Å²) in [6.45, 7) is 5.02. The molecule has 0 bridgehead atoms. The number of carbonyl (C=O) groups excluding carboxylic acids is 1. The highest BCUT2D eigenvalue weighted by molar-refractivity contribution is 5.90. The van der Waals surface area contributed by atoms with Gasteiger partial charge < -0.3 is 19.5 Å². The molecule has 0 aliphatic rings. The van der Waals surface area contributed by atoms with Crippen LogP contribution >= 0.6 is 0 Å². The summed E-state index contributed by atoms with van der Waals surface area (Å²) in [6.07, 6.45) is 0.995. The van der Waals surface area contributed by atoms with Crippen molar-refractivity contribution in [1.82, 2.24) is 0 Å². The van der Waals surface area contributed by atoms with E-state index in [0.29, 0.717) is 31.8 Å². The van der Waals surface area contributed by atoms with E-state index in [4.69, 9.17) is 14.2 Å². The predicted octanol–water partition coefficient (Wildman–Crippen LogP) is 5.85. The van der Waals surface area contributed by atoms with Crippen LogP contribution in [0.15, 0.2) is 72.8 Å². The maximum absolute atomic E-state index is 12.3. The van der Waals surface area contributed by atoms with Crippen LogP contribution in [0.2, 0.25) is 0 Å². The molecule has 0 unspecified atom stereocenters. The molecule has 0 heterocycles. The Labute approximate surface area is 177 Å². The van der Waals surface area contributed by atoms with E-state index in [2.05, 4.69) is 5.32 Å². The largest absolute Gasteiger partial charge is 0.490 e. The summed E-state index contributed by atoms with van der Waals surface area (Å²) in [5.74, 6) is 2.89. The van der Waals surface area contributed by atoms with Crippen molar-refractivity contribution in [3.63, 3.8) is 0 Å². The highest BCUT2D eigenvalue weighted by atomic mass is 16.5. The van der Waals surface area contributed by atoms with Crippen LogP contribution in [0.25, 0.3) is 0 Å². The van der Waals surface area contributed by atoms with E-state index in [1.807, 2.05) is 86.6 Å². The maximum atomic E-state index is 12.3. The van der Waals surface area contributed by atoms with Gasteiger partial charge in [-0.1, -0.05) is 24.3 Å². The Kier molecular flexibility index (Phi) is 7.72. The minimum atomic E-state index is -0.0430. The number of hydrogen-bond acceptors (Lipinski definition) is 4. The van der Waals surface area contributed by atoms with E-state index >= 15 is 0 Å². The predicted molar refractivity (Wildman–Crippen MR) is 119 cm³/mol. The first-order chi connectivity index (χ1) is 14.7. The van der Waals surface area contributed by atoms with E-state index < -0.39 is 0 Å². The molecule has 0 aliphatic heterocycles. The van der Waals surface area contributed by atoms with Crippen molar-refractivity contribution < 1.29 is 19.0 Å². The molecular formula is C25H27NO4. The molecular weight excluding hydrogens is 378 g/mol. The highest BCUT2D eigenvalue weighted by Gasteiger charge is 2.09. The molecule has 156 valence electrons. The van der Waals surface area contributed by atoms with Crippen molar-refractivity contribution in [3.8, 4) is 23.0 Å². The van der Waals surface area contributed by atoms with Crippen molar-refractivity contribution in [2.24, 2.45) is 0 Å². The van der Waals surface area contributed by atoms with Gasteiger partial charge in [-0.25, -0.2) is 0 Å². The lowest BCUT2D eigenvalue weighted by Crippen LogP contribution is -2.12. The smallest absolute Gasteiger partial charge is 0.224 e. The third-order valence-corrected chi connectivity index (χ3v) is 4.37. The Hall–Kier alpha value is -3.47. The molecule has 1 amide bonds. The number of benzene rings is 3. The van der Waals surface area contributed by atoms with Crippen LogP contribution in [0.3, 0.4) is 0 Å². The van der Waals surface area contributed by atoms with Gasteiger partial charge >= 0.3 is 0 Å². The molecule has 3 rings (SSSR count). The molecule has 0 saturated heterocycles. The van der Waals surface area contributed by atoms with Crippen molar-refractivity contribution in [2.75, 3.05) is 18.5 Å². The lowest BCUT2D eigenvalue weighted by Gasteiger charge is -2.12. The lowest BCUT2D eigenvalue weighted by atomic mass is 10.1. The molecule has 5 nitrogen and oxygen atoms in total. The van der Waals surface area contributed by atoms with E-state index in [9.17, 15) is 4.79 Å². The molecule has 0 aromatic heterocycles. The van der Waals surface area contributed by atoms with Crippen molar-refractivity contribution in [3.05, 3.63) is 78.4 Å². The Morgan fingerprint density at radius 2 is 1.47 bits per heavy atom. The average molecular weight is 405 g/mol. The molecule has 30 heavy (non-hydrogen) atoms. The summed E-state index contributed by atoms with van der Waals surface area (Å²) >= 11 is 0. The van der Waals surface area contributed by atoms with Gasteiger partial charge in [0.05, 0.1) is 13.2 Å². The SMILES string of the molecule is CCOc1ccc(CCC(=O)Nc2ccc(Oc3ccccc3)cc2)cc1OCC. The van der Waals surface area contributed by atoms with Crippen LogP contribution in [0, 0.1) is 0 Å². The second-order valence-electron chi connectivity index (χ2n) is 6.63. The quantitative estimate of drug-likeness (QED) is 0.460.